The molecule has 3 rings (SSSR count). The van der Waals surface area contributed by atoms with Crippen molar-refractivity contribution in [2.45, 2.75) is 25.8 Å². The Morgan fingerprint density at radius 2 is 2.38 bits per heavy atom. The van der Waals surface area contributed by atoms with Crippen molar-refractivity contribution in [3.8, 4) is 0 Å². The van der Waals surface area contributed by atoms with Gasteiger partial charge < -0.3 is 4.90 Å². The molecule has 2 atom stereocenters. The van der Waals surface area contributed by atoms with Gasteiger partial charge in [0.1, 0.15) is 0 Å². The average Bonchev–Trinajstić information content (AvgIpc) is 2.86. The monoisotopic (exact) mass is 174 g/mol. The van der Waals surface area contributed by atoms with Crippen LogP contribution < -0.4 is 4.90 Å². The van der Waals surface area contributed by atoms with E-state index in [0.29, 0.717) is 0 Å². The lowest BCUT2D eigenvalue weighted by atomic mass is 10.1. The quantitative estimate of drug-likeness (QED) is 0.596. The van der Waals surface area contributed by atoms with Crippen LogP contribution in [0.2, 0.25) is 0 Å². The third-order valence-corrected chi connectivity index (χ3v) is 3.30. The molecule has 0 amide bonds. The number of hydrogen-bond acceptors (Lipinski definition) is 2. The summed E-state index contributed by atoms with van der Waals surface area (Å²) in [7, 11) is 2.20. The average molecular weight is 174 g/mol. The third kappa shape index (κ3) is 0.978. The Hall–Kier alpha value is -1.05. The predicted molar refractivity (Wildman–Crippen MR) is 53.0 cm³/mol. The Labute approximate surface area is 78.6 Å². The second-order valence-corrected chi connectivity index (χ2v) is 4.36. The predicted octanol–water partition coefficient (Wildman–Crippen LogP) is 1.77. The molecule has 1 aliphatic heterocycles. The number of anilines is 1. The van der Waals surface area contributed by atoms with E-state index < -0.39 is 0 Å². The van der Waals surface area contributed by atoms with Crippen LogP contribution >= 0.6 is 0 Å². The SMILES string of the molecule is Cc1cnc2c(c1)N(C)C1CC1C2. The molecule has 0 saturated heterocycles. The lowest BCUT2D eigenvalue weighted by molar-refractivity contribution is 0.698. The first-order chi connectivity index (χ1) is 6.25. The zero-order chi connectivity index (χ0) is 9.00. The first-order valence-corrected chi connectivity index (χ1v) is 4.94. The molecular formula is C11H14N2. The summed E-state index contributed by atoms with van der Waals surface area (Å²) in [5.74, 6) is 0.896. The molecule has 0 spiro atoms. The van der Waals surface area contributed by atoms with E-state index in [4.69, 9.17) is 0 Å². The van der Waals surface area contributed by atoms with Gasteiger partial charge in [0.15, 0.2) is 0 Å². The van der Waals surface area contributed by atoms with Gasteiger partial charge in [-0.25, -0.2) is 0 Å². The molecule has 1 aliphatic carbocycles. The Morgan fingerprint density at radius 1 is 1.54 bits per heavy atom. The number of aromatic nitrogens is 1. The molecule has 2 heteroatoms. The molecule has 13 heavy (non-hydrogen) atoms. The van der Waals surface area contributed by atoms with Crippen LogP contribution in [0.5, 0.6) is 0 Å². The van der Waals surface area contributed by atoms with Crippen molar-refractivity contribution in [3.63, 3.8) is 0 Å². The summed E-state index contributed by atoms with van der Waals surface area (Å²) in [6, 6.07) is 3.08. The highest BCUT2D eigenvalue weighted by Crippen LogP contribution is 2.45. The smallest absolute Gasteiger partial charge is 0.0640 e. The van der Waals surface area contributed by atoms with Gasteiger partial charge in [-0.2, -0.15) is 0 Å². The van der Waals surface area contributed by atoms with E-state index in [1.807, 2.05) is 6.20 Å². The minimum absolute atomic E-state index is 0.816. The van der Waals surface area contributed by atoms with Gasteiger partial charge in [0.2, 0.25) is 0 Å². The summed E-state index contributed by atoms with van der Waals surface area (Å²) in [5, 5.41) is 0. The Morgan fingerprint density at radius 3 is 3.23 bits per heavy atom. The van der Waals surface area contributed by atoms with Crippen LogP contribution in [-0.4, -0.2) is 18.1 Å². The van der Waals surface area contributed by atoms with Crippen LogP contribution in [0.4, 0.5) is 5.69 Å². The van der Waals surface area contributed by atoms with E-state index in [-0.39, 0.29) is 0 Å². The van der Waals surface area contributed by atoms with Crippen molar-refractivity contribution in [1.29, 1.82) is 0 Å². The summed E-state index contributed by atoms with van der Waals surface area (Å²) in [6.07, 6.45) is 4.55. The van der Waals surface area contributed by atoms with Gasteiger partial charge in [0.05, 0.1) is 11.4 Å². The van der Waals surface area contributed by atoms with Gasteiger partial charge in [-0.15, -0.1) is 0 Å². The van der Waals surface area contributed by atoms with Crippen LogP contribution in [-0.2, 0) is 6.42 Å². The van der Waals surface area contributed by atoms with Crippen LogP contribution in [0.1, 0.15) is 17.7 Å². The topological polar surface area (TPSA) is 16.1 Å². The Bertz CT molecular complexity index is 359. The maximum Gasteiger partial charge on any atom is 0.0640 e. The molecule has 0 N–H and O–H groups in total. The van der Waals surface area contributed by atoms with Crippen LogP contribution in [0, 0.1) is 12.8 Å². The molecule has 1 fully saturated rings. The molecular weight excluding hydrogens is 160 g/mol. The van der Waals surface area contributed by atoms with Gasteiger partial charge in [-0.1, -0.05) is 0 Å². The number of nitrogens with zero attached hydrogens (tertiary/aromatic N) is 2. The first kappa shape index (κ1) is 7.36. The molecule has 1 saturated carbocycles. The highest BCUT2D eigenvalue weighted by atomic mass is 15.2. The summed E-state index contributed by atoms with van der Waals surface area (Å²) in [5.41, 5.74) is 3.93. The molecule has 0 radical (unpaired) electrons. The van der Waals surface area contributed by atoms with E-state index in [9.17, 15) is 0 Å². The summed E-state index contributed by atoms with van der Waals surface area (Å²) < 4.78 is 0. The van der Waals surface area contributed by atoms with Gasteiger partial charge in [-0.05, 0) is 37.3 Å². The second kappa shape index (κ2) is 2.25. The van der Waals surface area contributed by atoms with Crippen molar-refractivity contribution >= 4 is 5.69 Å². The molecule has 0 aromatic carbocycles. The standard InChI is InChI=1S/C11H14N2/c1-7-3-11-9(12-6-7)4-8-5-10(8)13(11)2/h3,6,8,10H,4-5H2,1-2H3. The molecule has 2 aliphatic rings. The fourth-order valence-corrected chi connectivity index (χ4v) is 2.40. The van der Waals surface area contributed by atoms with Crippen molar-refractivity contribution in [1.82, 2.24) is 4.98 Å². The van der Waals surface area contributed by atoms with E-state index in [1.54, 1.807) is 0 Å². The van der Waals surface area contributed by atoms with Crippen molar-refractivity contribution in [2.24, 2.45) is 5.92 Å². The van der Waals surface area contributed by atoms with E-state index in [1.165, 1.54) is 29.8 Å². The number of pyridine rings is 1. The molecule has 68 valence electrons. The lowest BCUT2D eigenvalue weighted by Gasteiger charge is -2.26. The summed E-state index contributed by atoms with van der Waals surface area (Å²) in [6.45, 7) is 2.11. The lowest BCUT2D eigenvalue weighted by Crippen LogP contribution is -2.27. The molecule has 1 aromatic rings. The maximum atomic E-state index is 4.50. The maximum absolute atomic E-state index is 4.50. The zero-order valence-corrected chi connectivity index (χ0v) is 8.12. The van der Waals surface area contributed by atoms with Gasteiger partial charge >= 0.3 is 0 Å². The molecule has 2 nitrogen and oxygen atoms in total. The largest absolute Gasteiger partial charge is 0.370 e. The van der Waals surface area contributed by atoms with Crippen molar-refractivity contribution < 1.29 is 0 Å². The van der Waals surface area contributed by atoms with E-state index >= 15 is 0 Å². The number of rotatable bonds is 0. The molecule has 1 aromatic heterocycles. The van der Waals surface area contributed by atoms with Gasteiger partial charge in [-0.3, -0.25) is 4.98 Å². The van der Waals surface area contributed by atoms with Crippen LogP contribution in [0.15, 0.2) is 12.3 Å². The third-order valence-electron chi connectivity index (χ3n) is 3.30. The van der Waals surface area contributed by atoms with E-state index in [2.05, 4.69) is 29.9 Å². The number of fused-ring (bicyclic) bond motifs is 2. The molecule has 0 bridgehead atoms. The fraction of sp³-hybridized carbons (Fsp3) is 0.545. The Kier molecular flexibility index (Phi) is 1.27. The summed E-state index contributed by atoms with van der Waals surface area (Å²) in [4.78, 5) is 6.91. The molecule has 2 heterocycles. The van der Waals surface area contributed by atoms with Gasteiger partial charge in [0.25, 0.3) is 0 Å². The minimum atomic E-state index is 0.816. The zero-order valence-electron chi connectivity index (χ0n) is 8.12. The van der Waals surface area contributed by atoms with Crippen LogP contribution in [0.25, 0.3) is 0 Å². The normalized spacial score (nSPS) is 29.5. The highest BCUT2D eigenvalue weighted by molar-refractivity contribution is 5.56. The van der Waals surface area contributed by atoms with E-state index in [0.717, 1.165) is 12.0 Å². The highest BCUT2D eigenvalue weighted by Gasteiger charge is 2.44. The van der Waals surface area contributed by atoms with Crippen molar-refractivity contribution in [2.75, 3.05) is 11.9 Å². The number of aryl methyl sites for hydroxylation is 1. The minimum Gasteiger partial charge on any atom is -0.370 e. The van der Waals surface area contributed by atoms with Crippen LogP contribution in [0.3, 0.4) is 0 Å². The number of hydrogen-bond donors (Lipinski definition) is 0. The molecule has 2 unspecified atom stereocenters. The van der Waals surface area contributed by atoms with Gasteiger partial charge in [0, 0.05) is 19.3 Å². The Balaban J connectivity index is 2.11. The van der Waals surface area contributed by atoms with Crippen molar-refractivity contribution in [3.05, 3.63) is 23.5 Å². The summed E-state index contributed by atoms with van der Waals surface area (Å²) >= 11 is 0. The first-order valence-electron chi connectivity index (χ1n) is 4.94. The fourth-order valence-electron chi connectivity index (χ4n) is 2.40. The second-order valence-electron chi connectivity index (χ2n) is 4.36.